The van der Waals surface area contributed by atoms with E-state index in [-0.39, 0.29) is 13.2 Å². The number of imidazole rings is 1. The van der Waals surface area contributed by atoms with Gasteiger partial charge in [-0.05, 0) is 54.5 Å². The van der Waals surface area contributed by atoms with Crippen LogP contribution in [0.15, 0.2) is 48.5 Å². The predicted molar refractivity (Wildman–Crippen MR) is 143 cm³/mol. The van der Waals surface area contributed by atoms with Crippen molar-refractivity contribution in [1.29, 1.82) is 0 Å². The largest absolute Gasteiger partial charge is 0.461 e. The number of carbonyl (C=O) groups excluding carboxylic acids is 1. The second-order valence-corrected chi connectivity index (χ2v) is 9.20. The summed E-state index contributed by atoms with van der Waals surface area (Å²) in [7, 11) is 0. The third-order valence-electron chi connectivity index (χ3n) is 6.43. The highest BCUT2D eigenvalue weighted by atomic mass is 35.5. The number of nitrogens with one attached hydrogen (secondary N) is 1. The van der Waals surface area contributed by atoms with Crippen LogP contribution in [0.2, 0.25) is 5.15 Å². The fraction of sp³-hybridized carbons (Fsp3) is 0.296. The van der Waals surface area contributed by atoms with Crippen LogP contribution in [0.5, 0.6) is 0 Å². The normalized spacial score (nSPS) is 11.4. The van der Waals surface area contributed by atoms with E-state index < -0.39 is 5.97 Å². The lowest BCUT2D eigenvalue weighted by Gasteiger charge is -2.14. The van der Waals surface area contributed by atoms with E-state index in [0.717, 1.165) is 52.8 Å². The van der Waals surface area contributed by atoms with Crippen molar-refractivity contribution in [1.82, 2.24) is 34.7 Å². The predicted octanol–water partition coefficient (Wildman–Crippen LogP) is 4.72. The third-order valence-corrected chi connectivity index (χ3v) is 6.73. The first-order valence-corrected chi connectivity index (χ1v) is 12.9. The van der Waals surface area contributed by atoms with Crippen molar-refractivity contribution in [2.45, 2.75) is 46.3 Å². The number of benzene rings is 2. The number of hydrogen-bond donors (Lipinski definition) is 2. The number of tetrazole rings is 1. The lowest BCUT2D eigenvalue weighted by Crippen LogP contribution is -2.11. The van der Waals surface area contributed by atoms with Crippen LogP contribution in [0.3, 0.4) is 0 Å². The van der Waals surface area contributed by atoms with E-state index in [4.69, 9.17) is 16.3 Å². The van der Waals surface area contributed by atoms with Gasteiger partial charge in [0.15, 0.2) is 5.15 Å². The van der Waals surface area contributed by atoms with Crippen molar-refractivity contribution in [2.24, 2.45) is 0 Å². The van der Waals surface area contributed by atoms with E-state index in [0.29, 0.717) is 28.9 Å². The Kier molecular flexibility index (Phi) is 7.52. The van der Waals surface area contributed by atoms with E-state index in [1.807, 2.05) is 57.7 Å². The number of hydrogen-bond acceptors (Lipinski definition) is 7. The maximum atomic E-state index is 13.1. The van der Waals surface area contributed by atoms with Crippen LogP contribution >= 0.6 is 11.6 Å². The number of unbranched alkanes of at least 4 members (excludes halogenated alkanes) is 1. The zero-order valence-electron chi connectivity index (χ0n) is 21.2. The quantitative estimate of drug-likeness (QED) is 0.249. The van der Waals surface area contributed by atoms with Crippen LogP contribution in [-0.2, 0) is 24.3 Å². The third kappa shape index (κ3) is 4.80. The Morgan fingerprint density at radius 3 is 2.74 bits per heavy atom. The summed E-state index contributed by atoms with van der Waals surface area (Å²) < 4.78 is 9.24. The number of ether oxygens (including phenoxy) is 1. The standard InChI is InChI=1S/C27H28ClN7O3/c1-3-5-10-24-29-25(28)23(16-36)34(24)15-17-11-12-20-18(13-17)14-22(27(37)38-4-2)35(20)21-9-7-6-8-19(21)26-30-32-33-31-26/h6-9,11-14,36H,3-5,10,15-16H2,1-2H3,(H,30,31,32,33). The number of esters is 1. The highest BCUT2D eigenvalue weighted by Crippen LogP contribution is 2.32. The number of para-hydroxylation sites is 1. The summed E-state index contributed by atoms with van der Waals surface area (Å²) in [6.45, 7) is 4.45. The first kappa shape index (κ1) is 25.6. The molecule has 10 nitrogen and oxygen atoms in total. The SMILES string of the molecule is CCCCc1nc(Cl)c(CO)n1Cc1ccc2c(c1)cc(C(=O)OCC)n2-c1ccccc1-c1nn[nH]n1. The molecule has 3 aromatic heterocycles. The van der Waals surface area contributed by atoms with Gasteiger partial charge in [-0.3, -0.25) is 0 Å². The Morgan fingerprint density at radius 1 is 1.16 bits per heavy atom. The molecule has 0 radical (unpaired) electrons. The molecule has 0 aliphatic heterocycles. The fourth-order valence-corrected chi connectivity index (χ4v) is 4.92. The van der Waals surface area contributed by atoms with Crippen molar-refractivity contribution < 1.29 is 14.6 Å². The average Bonchev–Trinajstić information content (AvgIpc) is 3.65. The van der Waals surface area contributed by atoms with Gasteiger partial charge in [0.25, 0.3) is 0 Å². The van der Waals surface area contributed by atoms with E-state index in [1.165, 1.54) is 0 Å². The van der Waals surface area contributed by atoms with Crippen molar-refractivity contribution >= 4 is 28.5 Å². The number of fused-ring (bicyclic) bond motifs is 1. The minimum absolute atomic E-state index is 0.198. The van der Waals surface area contributed by atoms with Gasteiger partial charge in [0.1, 0.15) is 11.5 Å². The molecule has 3 heterocycles. The first-order chi connectivity index (χ1) is 18.5. The molecule has 38 heavy (non-hydrogen) atoms. The number of H-pyrrole nitrogens is 1. The van der Waals surface area contributed by atoms with Crippen LogP contribution in [0.1, 0.15) is 54.3 Å². The molecule has 0 atom stereocenters. The molecule has 11 heteroatoms. The average molecular weight is 534 g/mol. The maximum absolute atomic E-state index is 13.1. The molecule has 0 bridgehead atoms. The zero-order valence-corrected chi connectivity index (χ0v) is 21.9. The number of aliphatic hydroxyl groups is 1. The maximum Gasteiger partial charge on any atom is 0.355 e. The number of rotatable bonds is 10. The molecule has 5 aromatic rings. The van der Waals surface area contributed by atoms with Crippen LogP contribution < -0.4 is 0 Å². The molecular weight excluding hydrogens is 506 g/mol. The summed E-state index contributed by atoms with van der Waals surface area (Å²) in [5, 5.41) is 25.6. The van der Waals surface area contributed by atoms with E-state index >= 15 is 0 Å². The summed E-state index contributed by atoms with van der Waals surface area (Å²) in [5.74, 6) is 0.834. The first-order valence-electron chi connectivity index (χ1n) is 12.5. The van der Waals surface area contributed by atoms with Gasteiger partial charge < -0.3 is 19.0 Å². The molecule has 2 N–H and O–H groups in total. The fourth-order valence-electron chi connectivity index (χ4n) is 4.66. The summed E-state index contributed by atoms with van der Waals surface area (Å²) in [6.07, 6.45) is 2.78. The van der Waals surface area contributed by atoms with Gasteiger partial charge in [0.05, 0.1) is 30.1 Å². The molecule has 196 valence electrons. The molecule has 0 aliphatic carbocycles. The highest BCUT2D eigenvalue weighted by Gasteiger charge is 2.22. The van der Waals surface area contributed by atoms with Gasteiger partial charge >= 0.3 is 5.97 Å². The molecule has 0 fully saturated rings. The molecular formula is C27H28ClN7O3. The Balaban J connectivity index is 1.63. The van der Waals surface area contributed by atoms with Gasteiger partial charge in [-0.15, -0.1) is 10.2 Å². The second kappa shape index (κ2) is 11.2. The van der Waals surface area contributed by atoms with Crippen molar-refractivity contribution in [3.8, 4) is 17.1 Å². The van der Waals surface area contributed by atoms with E-state index in [2.05, 4.69) is 32.5 Å². The van der Waals surface area contributed by atoms with Crippen LogP contribution in [0.25, 0.3) is 28.0 Å². The minimum atomic E-state index is -0.432. The number of carbonyl (C=O) groups is 1. The summed E-state index contributed by atoms with van der Waals surface area (Å²) in [6, 6.07) is 15.4. The molecule has 5 rings (SSSR count). The Morgan fingerprint density at radius 2 is 2.00 bits per heavy atom. The number of aryl methyl sites for hydroxylation is 1. The van der Waals surface area contributed by atoms with E-state index in [9.17, 15) is 9.90 Å². The monoisotopic (exact) mass is 533 g/mol. The lowest BCUT2D eigenvalue weighted by atomic mass is 10.1. The number of aromatic nitrogens is 7. The second-order valence-electron chi connectivity index (χ2n) is 8.84. The topological polar surface area (TPSA) is 124 Å². The summed E-state index contributed by atoms with van der Waals surface area (Å²) in [5.41, 5.74) is 4.24. The molecule has 0 aliphatic rings. The van der Waals surface area contributed by atoms with Crippen molar-refractivity contribution in [3.05, 3.63) is 76.5 Å². The molecule has 2 aromatic carbocycles. The number of aromatic amines is 1. The van der Waals surface area contributed by atoms with Crippen LogP contribution in [-0.4, -0.2) is 52.4 Å². The Hall–Kier alpha value is -4.02. The number of aliphatic hydroxyl groups excluding tert-OH is 1. The van der Waals surface area contributed by atoms with E-state index in [1.54, 1.807) is 6.92 Å². The molecule has 0 amide bonds. The number of halogens is 1. The van der Waals surface area contributed by atoms with Gasteiger partial charge in [-0.1, -0.05) is 43.1 Å². The van der Waals surface area contributed by atoms with Crippen LogP contribution in [0.4, 0.5) is 0 Å². The highest BCUT2D eigenvalue weighted by molar-refractivity contribution is 6.30. The molecule has 0 unspecified atom stereocenters. The Labute approximate surface area is 224 Å². The van der Waals surface area contributed by atoms with Crippen molar-refractivity contribution in [3.63, 3.8) is 0 Å². The smallest absolute Gasteiger partial charge is 0.355 e. The van der Waals surface area contributed by atoms with Gasteiger partial charge in [0.2, 0.25) is 5.82 Å². The van der Waals surface area contributed by atoms with Gasteiger partial charge in [-0.2, -0.15) is 5.21 Å². The molecule has 0 spiro atoms. The number of nitrogens with zero attached hydrogens (tertiary/aromatic N) is 6. The molecule has 0 saturated carbocycles. The summed E-state index contributed by atoms with van der Waals surface area (Å²) in [4.78, 5) is 17.6. The summed E-state index contributed by atoms with van der Waals surface area (Å²) >= 11 is 6.34. The van der Waals surface area contributed by atoms with Gasteiger partial charge in [-0.25, -0.2) is 9.78 Å². The Bertz CT molecular complexity index is 1570. The molecule has 0 saturated heterocycles. The lowest BCUT2D eigenvalue weighted by molar-refractivity contribution is 0.0517. The van der Waals surface area contributed by atoms with Crippen molar-refractivity contribution in [2.75, 3.05) is 6.61 Å². The van der Waals surface area contributed by atoms with Crippen LogP contribution in [0, 0.1) is 0 Å². The van der Waals surface area contributed by atoms with Gasteiger partial charge in [0, 0.05) is 23.9 Å². The zero-order chi connectivity index (χ0) is 26.6. The minimum Gasteiger partial charge on any atom is -0.461 e.